The number of carbonyl (C=O) groups excluding carboxylic acids is 1. The highest BCUT2D eigenvalue weighted by atomic mass is 32.1. The Bertz CT molecular complexity index is 786. The van der Waals surface area contributed by atoms with E-state index in [2.05, 4.69) is 15.6 Å². The van der Waals surface area contributed by atoms with Gasteiger partial charge in [0.05, 0.1) is 31.0 Å². The number of hydrogen-bond donors (Lipinski definition) is 3. The number of carbonyl (C=O) groups is 1. The standard InChI is InChI=1S/C19H23N3O4S/c1-25-18(24)13-6-7-17(23)16(10-13)22-19(20-11-14-4-2-8-26-14)21-12-15-5-3-9-27-15/h3,5-7,9-10,14,23H,2,4,8,11-12H2,1H3,(H2,20,21,22). The first-order chi connectivity index (χ1) is 13.2. The number of esters is 1. The Morgan fingerprint density at radius 3 is 3.04 bits per heavy atom. The van der Waals surface area contributed by atoms with Crippen LogP contribution in [0.1, 0.15) is 28.1 Å². The average Bonchev–Trinajstić information content (AvgIpc) is 3.38. The maximum absolute atomic E-state index is 11.8. The Labute approximate surface area is 162 Å². The maximum atomic E-state index is 11.8. The third-order valence-electron chi connectivity index (χ3n) is 4.16. The van der Waals surface area contributed by atoms with Crippen LogP contribution in [0.15, 0.2) is 40.7 Å². The van der Waals surface area contributed by atoms with Crippen molar-refractivity contribution in [3.05, 3.63) is 46.2 Å². The summed E-state index contributed by atoms with van der Waals surface area (Å²) in [6, 6.07) is 8.49. The van der Waals surface area contributed by atoms with Gasteiger partial charge in [0, 0.05) is 18.0 Å². The summed E-state index contributed by atoms with van der Waals surface area (Å²) in [5, 5.41) is 18.5. The molecule has 7 nitrogen and oxygen atoms in total. The first-order valence-electron chi connectivity index (χ1n) is 8.76. The quantitative estimate of drug-likeness (QED) is 0.304. The van der Waals surface area contributed by atoms with Gasteiger partial charge in [0.1, 0.15) is 5.75 Å². The molecular formula is C19H23N3O4S. The van der Waals surface area contributed by atoms with Crippen molar-refractivity contribution in [1.29, 1.82) is 0 Å². The number of hydrogen-bond acceptors (Lipinski definition) is 6. The van der Waals surface area contributed by atoms with E-state index in [4.69, 9.17) is 9.47 Å². The molecule has 0 amide bonds. The number of nitrogens with zero attached hydrogens (tertiary/aromatic N) is 1. The molecule has 1 aliphatic heterocycles. The fourth-order valence-corrected chi connectivity index (χ4v) is 3.35. The lowest BCUT2D eigenvalue weighted by atomic mass is 10.2. The van der Waals surface area contributed by atoms with Crippen molar-refractivity contribution in [3.8, 4) is 5.75 Å². The molecule has 2 aromatic rings. The highest BCUT2D eigenvalue weighted by Crippen LogP contribution is 2.24. The molecule has 2 heterocycles. The topological polar surface area (TPSA) is 92.2 Å². The predicted octanol–water partition coefficient (Wildman–Crippen LogP) is 2.98. The Morgan fingerprint density at radius 2 is 2.33 bits per heavy atom. The van der Waals surface area contributed by atoms with Crippen LogP contribution in [0.3, 0.4) is 0 Å². The lowest BCUT2D eigenvalue weighted by molar-refractivity contribution is 0.0601. The first kappa shape index (κ1) is 19.2. The molecule has 1 aromatic carbocycles. The molecule has 3 rings (SSSR count). The van der Waals surface area contributed by atoms with Crippen molar-refractivity contribution < 1.29 is 19.4 Å². The summed E-state index contributed by atoms with van der Waals surface area (Å²) in [6.45, 7) is 1.91. The predicted molar refractivity (Wildman–Crippen MR) is 106 cm³/mol. The Morgan fingerprint density at radius 1 is 1.44 bits per heavy atom. The highest BCUT2D eigenvalue weighted by Gasteiger charge is 2.16. The molecule has 1 aliphatic rings. The summed E-state index contributed by atoms with van der Waals surface area (Å²) in [7, 11) is 1.32. The van der Waals surface area contributed by atoms with Gasteiger partial charge in [-0.25, -0.2) is 9.79 Å². The molecule has 0 saturated carbocycles. The van der Waals surface area contributed by atoms with Crippen molar-refractivity contribution in [3.63, 3.8) is 0 Å². The van der Waals surface area contributed by atoms with E-state index in [1.165, 1.54) is 25.3 Å². The van der Waals surface area contributed by atoms with Crippen LogP contribution in [0.2, 0.25) is 0 Å². The molecule has 144 valence electrons. The van der Waals surface area contributed by atoms with Gasteiger partial charge < -0.3 is 25.2 Å². The lowest BCUT2D eigenvalue weighted by Gasteiger charge is -2.16. The molecule has 8 heteroatoms. The van der Waals surface area contributed by atoms with Crippen LogP contribution in [0.5, 0.6) is 5.75 Å². The summed E-state index contributed by atoms with van der Waals surface area (Å²) >= 11 is 1.63. The summed E-state index contributed by atoms with van der Waals surface area (Å²) in [4.78, 5) is 17.5. The van der Waals surface area contributed by atoms with E-state index in [0.29, 0.717) is 30.3 Å². The average molecular weight is 389 g/mol. The number of rotatable bonds is 6. The summed E-state index contributed by atoms with van der Waals surface area (Å²) < 4.78 is 10.4. The van der Waals surface area contributed by atoms with Crippen molar-refractivity contribution in [2.24, 2.45) is 4.99 Å². The van der Waals surface area contributed by atoms with E-state index < -0.39 is 5.97 Å². The molecule has 0 spiro atoms. The van der Waals surface area contributed by atoms with E-state index in [1.807, 2.05) is 17.5 Å². The van der Waals surface area contributed by atoms with Gasteiger partial charge in [0.2, 0.25) is 0 Å². The third kappa shape index (κ3) is 5.45. The fraction of sp³-hybridized carbons (Fsp3) is 0.368. The number of nitrogens with one attached hydrogen (secondary N) is 2. The molecule has 0 bridgehead atoms. The van der Waals surface area contributed by atoms with E-state index >= 15 is 0 Å². The van der Waals surface area contributed by atoms with Gasteiger partial charge in [-0.05, 0) is 42.5 Å². The second-order valence-corrected chi connectivity index (χ2v) is 7.14. The van der Waals surface area contributed by atoms with E-state index in [1.54, 1.807) is 11.3 Å². The van der Waals surface area contributed by atoms with Gasteiger partial charge in [0.25, 0.3) is 0 Å². The van der Waals surface area contributed by atoms with Gasteiger partial charge in [-0.15, -0.1) is 11.3 Å². The number of guanidine groups is 1. The SMILES string of the molecule is COC(=O)c1ccc(O)c(NC(=NCc2cccs2)NCC2CCCO2)c1. The van der Waals surface area contributed by atoms with Gasteiger partial charge in [0.15, 0.2) is 5.96 Å². The molecule has 1 unspecified atom stereocenters. The smallest absolute Gasteiger partial charge is 0.337 e. The number of benzene rings is 1. The number of ether oxygens (including phenoxy) is 2. The number of aliphatic imine (C=N–C) groups is 1. The second kappa shape index (κ2) is 9.38. The summed E-state index contributed by atoms with van der Waals surface area (Å²) in [6.07, 6.45) is 2.21. The zero-order valence-corrected chi connectivity index (χ0v) is 15.9. The largest absolute Gasteiger partial charge is 0.506 e. The number of methoxy groups -OCH3 is 1. The summed E-state index contributed by atoms with van der Waals surface area (Å²) in [5.41, 5.74) is 0.720. The van der Waals surface area contributed by atoms with Gasteiger partial charge in [-0.2, -0.15) is 0 Å². The Kier molecular flexibility index (Phi) is 6.67. The minimum Gasteiger partial charge on any atom is -0.506 e. The van der Waals surface area contributed by atoms with Crippen LogP contribution < -0.4 is 10.6 Å². The first-order valence-corrected chi connectivity index (χ1v) is 9.64. The number of phenolic OH excluding ortho intramolecular Hbond substituents is 1. The monoisotopic (exact) mass is 389 g/mol. The highest BCUT2D eigenvalue weighted by molar-refractivity contribution is 7.09. The van der Waals surface area contributed by atoms with Crippen molar-refractivity contribution in [2.75, 3.05) is 25.6 Å². The summed E-state index contributed by atoms with van der Waals surface area (Å²) in [5.74, 6) is 0.0593. The second-order valence-electron chi connectivity index (χ2n) is 6.11. The molecule has 1 saturated heterocycles. The molecule has 1 aromatic heterocycles. The number of aromatic hydroxyl groups is 1. The van der Waals surface area contributed by atoms with E-state index in [9.17, 15) is 9.90 Å². The third-order valence-corrected chi connectivity index (χ3v) is 5.03. The molecule has 1 fully saturated rings. The molecule has 0 aliphatic carbocycles. The van der Waals surface area contributed by atoms with Crippen LogP contribution in [-0.2, 0) is 16.0 Å². The van der Waals surface area contributed by atoms with Crippen LogP contribution in [0.4, 0.5) is 5.69 Å². The van der Waals surface area contributed by atoms with E-state index in [-0.39, 0.29) is 11.9 Å². The maximum Gasteiger partial charge on any atom is 0.337 e. The number of phenols is 1. The van der Waals surface area contributed by atoms with Crippen molar-refractivity contribution >= 4 is 29.0 Å². The molecular weight excluding hydrogens is 366 g/mol. The minimum absolute atomic E-state index is 0.0189. The van der Waals surface area contributed by atoms with Crippen molar-refractivity contribution in [1.82, 2.24) is 5.32 Å². The van der Waals surface area contributed by atoms with Gasteiger partial charge in [-0.1, -0.05) is 6.07 Å². The minimum atomic E-state index is -0.470. The van der Waals surface area contributed by atoms with Gasteiger partial charge >= 0.3 is 5.97 Å². The van der Waals surface area contributed by atoms with E-state index in [0.717, 1.165) is 24.3 Å². The molecule has 27 heavy (non-hydrogen) atoms. The van der Waals surface area contributed by atoms with Crippen LogP contribution in [0, 0.1) is 0 Å². The fourth-order valence-electron chi connectivity index (χ4n) is 2.72. The molecule has 0 radical (unpaired) electrons. The molecule has 3 N–H and O–H groups in total. The Balaban J connectivity index is 1.75. The van der Waals surface area contributed by atoms with Gasteiger partial charge in [-0.3, -0.25) is 0 Å². The zero-order chi connectivity index (χ0) is 19.1. The van der Waals surface area contributed by atoms with Crippen LogP contribution in [-0.4, -0.2) is 43.4 Å². The Hall–Kier alpha value is -2.58. The van der Waals surface area contributed by atoms with Crippen LogP contribution >= 0.6 is 11.3 Å². The van der Waals surface area contributed by atoms with Crippen molar-refractivity contribution in [2.45, 2.75) is 25.5 Å². The molecule has 1 atom stereocenters. The normalized spacial score (nSPS) is 16.9. The lowest BCUT2D eigenvalue weighted by Crippen LogP contribution is -2.36. The number of anilines is 1. The number of thiophene rings is 1. The van der Waals surface area contributed by atoms with Crippen LogP contribution in [0.25, 0.3) is 0 Å². The zero-order valence-electron chi connectivity index (χ0n) is 15.1.